The van der Waals surface area contributed by atoms with E-state index in [2.05, 4.69) is 16.0 Å². The zero-order valence-electron chi connectivity index (χ0n) is 15.9. The maximum Gasteiger partial charge on any atom is 0.409 e. The maximum atomic E-state index is 12.8. The maximum absolute atomic E-state index is 12.8. The van der Waals surface area contributed by atoms with Gasteiger partial charge in [0.05, 0.1) is 25.3 Å². The predicted octanol–water partition coefficient (Wildman–Crippen LogP) is 1.28. The summed E-state index contributed by atoms with van der Waals surface area (Å²) in [5.74, 6) is 0.375. The van der Waals surface area contributed by atoms with Crippen molar-refractivity contribution in [1.29, 1.82) is 0 Å². The van der Waals surface area contributed by atoms with Crippen LogP contribution in [-0.2, 0) is 9.53 Å². The molecule has 9 nitrogen and oxygen atoms in total. The third-order valence-corrected chi connectivity index (χ3v) is 4.69. The van der Waals surface area contributed by atoms with Crippen molar-refractivity contribution in [3.05, 3.63) is 41.1 Å². The minimum absolute atomic E-state index is 0.286. The van der Waals surface area contributed by atoms with Gasteiger partial charge in [-0.3, -0.25) is 4.79 Å². The number of allylic oxidation sites excluding steroid dienone is 1. The quantitative estimate of drug-likeness (QED) is 0.680. The first-order chi connectivity index (χ1) is 13.5. The van der Waals surface area contributed by atoms with Gasteiger partial charge in [-0.05, 0) is 31.0 Å². The first-order valence-corrected chi connectivity index (χ1v) is 9.11. The van der Waals surface area contributed by atoms with Crippen LogP contribution in [0.2, 0.25) is 0 Å². The molecule has 1 fully saturated rings. The van der Waals surface area contributed by atoms with Crippen molar-refractivity contribution >= 4 is 18.0 Å². The minimum atomic E-state index is -0.584. The van der Waals surface area contributed by atoms with Crippen LogP contribution in [0, 0.1) is 0 Å². The Labute approximate surface area is 163 Å². The van der Waals surface area contributed by atoms with Crippen molar-refractivity contribution in [2.45, 2.75) is 19.4 Å². The van der Waals surface area contributed by atoms with Gasteiger partial charge < -0.3 is 30.3 Å². The summed E-state index contributed by atoms with van der Waals surface area (Å²) < 4.78 is 10.1. The van der Waals surface area contributed by atoms with E-state index < -0.39 is 6.04 Å². The third-order valence-electron chi connectivity index (χ3n) is 4.69. The number of benzene rings is 1. The van der Waals surface area contributed by atoms with Crippen LogP contribution < -0.4 is 20.7 Å². The van der Waals surface area contributed by atoms with Crippen molar-refractivity contribution in [3.8, 4) is 5.75 Å². The van der Waals surface area contributed by atoms with Crippen LogP contribution in [0.1, 0.15) is 24.9 Å². The molecular formula is C19H24N4O5. The highest BCUT2D eigenvalue weighted by atomic mass is 16.6. The molecule has 1 saturated heterocycles. The Hall–Kier alpha value is -3.23. The summed E-state index contributed by atoms with van der Waals surface area (Å²) in [5, 5.41) is 8.25. The van der Waals surface area contributed by atoms with Gasteiger partial charge in [-0.15, -0.1) is 0 Å². The molecule has 4 amide bonds. The SMILES string of the molecule is COc1ccc(C2NC(=O)NC(C)=C2C(=O)NCCN2CCCOC2=O)cc1. The molecule has 0 aromatic heterocycles. The Morgan fingerprint density at radius 3 is 2.75 bits per heavy atom. The van der Waals surface area contributed by atoms with Gasteiger partial charge in [0, 0.05) is 25.3 Å². The van der Waals surface area contributed by atoms with Crippen LogP contribution >= 0.6 is 0 Å². The van der Waals surface area contributed by atoms with E-state index in [1.165, 1.54) is 0 Å². The molecular weight excluding hydrogens is 364 g/mol. The Balaban J connectivity index is 1.70. The number of carbonyl (C=O) groups excluding carboxylic acids is 3. The summed E-state index contributed by atoms with van der Waals surface area (Å²) >= 11 is 0. The molecule has 2 aliphatic heterocycles. The fraction of sp³-hybridized carbons (Fsp3) is 0.421. The van der Waals surface area contributed by atoms with Crippen LogP contribution in [0.4, 0.5) is 9.59 Å². The number of carbonyl (C=O) groups is 3. The van der Waals surface area contributed by atoms with E-state index in [4.69, 9.17) is 9.47 Å². The van der Waals surface area contributed by atoms with E-state index >= 15 is 0 Å². The van der Waals surface area contributed by atoms with Crippen LogP contribution in [0.15, 0.2) is 35.5 Å². The van der Waals surface area contributed by atoms with Gasteiger partial charge in [0.15, 0.2) is 0 Å². The number of nitrogens with zero attached hydrogens (tertiary/aromatic N) is 1. The molecule has 0 aliphatic carbocycles. The number of amides is 4. The molecule has 0 spiro atoms. The van der Waals surface area contributed by atoms with Crippen molar-refractivity contribution in [2.75, 3.05) is 33.4 Å². The number of ether oxygens (including phenoxy) is 2. The Kier molecular flexibility index (Phi) is 6.03. The molecule has 0 radical (unpaired) electrons. The fourth-order valence-electron chi connectivity index (χ4n) is 3.24. The first-order valence-electron chi connectivity index (χ1n) is 9.11. The van der Waals surface area contributed by atoms with E-state index in [9.17, 15) is 14.4 Å². The number of methoxy groups -OCH3 is 1. The molecule has 3 N–H and O–H groups in total. The van der Waals surface area contributed by atoms with E-state index in [1.54, 1.807) is 43.2 Å². The van der Waals surface area contributed by atoms with Crippen molar-refractivity contribution < 1.29 is 23.9 Å². The number of hydrogen-bond acceptors (Lipinski definition) is 5. The average Bonchev–Trinajstić information content (AvgIpc) is 2.69. The molecule has 1 aromatic rings. The monoisotopic (exact) mass is 388 g/mol. The lowest BCUT2D eigenvalue weighted by Gasteiger charge is -2.29. The number of hydrogen-bond donors (Lipinski definition) is 3. The molecule has 28 heavy (non-hydrogen) atoms. The Bertz CT molecular complexity index is 790. The van der Waals surface area contributed by atoms with Gasteiger partial charge in [-0.25, -0.2) is 9.59 Å². The normalized spacial score (nSPS) is 19.5. The van der Waals surface area contributed by atoms with Gasteiger partial charge in [0.1, 0.15) is 5.75 Å². The minimum Gasteiger partial charge on any atom is -0.497 e. The molecule has 9 heteroatoms. The van der Waals surface area contributed by atoms with E-state index in [0.29, 0.717) is 36.7 Å². The molecule has 150 valence electrons. The summed E-state index contributed by atoms with van der Waals surface area (Å²) in [7, 11) is 1.57. The lowest BCUT2D eigenvalue weighted by molar-refractivity contribution is -0.118. The number of cyclic esters (lactones) is 1. The Morgan fingerprint density at radius 1 is 1.32 bits per heavy atom. The fourth-order valence-corrected chi connectivity index (χ4v) is 3.24. The van der Waals surface area contributed by atoms with E-state index in [-0.39, 0.29) is 24.6 Å². The smallest absolute Gasteiger partial charge is 0.409 e. The highest BCUT2D eigenvalue weighted by Crippen LogP contribution is 2.28. The van der Waals surface area contributed by atoms with E-state index in [1.807, 2.05) is 0 Å². The highest BCUT2D eigenvalue weighted by molar-refractivity contribution is 5.98. The number of nitrogens with one attached hydrogen (secondary N) is 3. The van der Waals surface area contributed by atoms with Gasteiger partial charge in [0.25, 0.3) is 5.91 Å². The second-order valence-electron chi connectivity index (χ2n) is 6.55. The lowest BCUT2D eigenvalue weighted by atomic mass is 9.95. The van der Waals surface area contributed by atoms with Crippen molar-refractivity contribution in [1.82, 2.24) is 20.9 Å². The summed E-state index contributed by atoms with van der Waals surface area (Å²) in [6, 6.07) is 6.21. The third kappa shape index (κ3) is 4.36. The second kappa shape index (κ2) is 8.64. The molecule has 1 unspecified atom stereocenters. The van der Waals surface area contributed by atoms with Gasteiger partial charge in [0.2, 0.25) is 0 Å². The van der Waals surface area contributed by atoms with Crippen LogP contribution in [0.5, 0.6) is 5.75 Å². The zero-order valence-corrected chi connectivity index (χ0v) is 15.9. The van der Waals surface area contributed by atoms with Gasteiger partial charge in [-0.1, -0.05) is 12.1 Å². The summed E-state index contributed by atoms with van der Waals surface area (Å²) in [4.78, 5) is 38.0. The summed E-state index contributed by atoms with van der Waals surface area (Å²) in [6.45, 7) is 3.38. The molecule has 1 aromatic carbocycles. The zero-order chi connectivity index (χ0) is 20.1. The molecule has 3 rings (SSSR count). The highest BCUT2D eigenvalue weighted by Gasteiger charge is 2.31. The van der Waals surface area contributed by atoms with Gasteiger partial charge >= 0.3 is 12.1 Å². The molecule has 2 aliphatic rings. The lowest BCUT2D eigenvalue weighted by Crippen LogP contribution is -2.48. The molecule has 0 bridgehead atoms. The predicted molar refractivity (Wildman–Crippen MR) is 101 cm³/mol. The standard InChI is InChI=1S/C19H24N4O5/c1-12-15(17(24)20-8-10-23-9-3-11-28-19(23)26)16(22-18(25)21-12)13-4-6-14(27-2)7-5-13/h4-7,16H,3,8-11H2,1-2H3,(H,20,24)(H2,21,22,25). The topological polar surface area (TPSA) is 109 Å². The second-order valence-corrected chi connectivity index (χ2v) is 6.55. The van der Waals surface area contributed by atoms with Crippen molar-refractivity contribution in [3.63, 3.8) is 0 Å². The number of urea groups is 1. The van der Waals surface area contributed by atoms with Crippen LogP contribution in [0.25, 0.3) is 0 Å². The largest absolute Gasteiger partial charge is 0.497 e. The first kappa shape index (κ1) is 19.5. The summed E-state index contributed by atoms with van der Waals surface area (Å²) in [5.41, 5.74) is 1.67. The Morgan fingerprint density at radius 2 is 2.07 bits per heavy atom. The number of rotatable bonds is 6. The van der Waals surface area contributed by atoms with Crippen LogP contribution in [-0.4, -0.2) is 56.3 Å². The molecule has 0 saturated carbocycles. The summed E-state index contributed by atoms with van der Waals surface area (Å²) in [6.07, 6.45) is 0.415. The average molecular weight is 388 g/mol. The van der Waals surface area contributed by atoms with Crippen LogP contribution in [0.3, 0.4) is 0 Å². The van der Waals surface area contributed by atoms with Crippen molar-refractivity contribution in [2.24, 2.45) is 0 Å². The van der Waals surface area contributed by atoms with Gasteiger partial charge in [-0.2, -0.15) is 0 Å². The molecule has 1 atom stereocenters. The molecule has 2 heterocycles. The van der Waals surface area contributed by atoms with E-state index in [0.717, 1.165) is 12.0 Å².